The topological polar surface area (TPSA) is 38.0 Å². The molecule has 1 rings (SSSR count). The Morgan fingerprint density at radius 1 is 1.50 bits per heavy atom. The van der Waals surface area contributed by atoms with Crippen LogP contribution < -0.4 is 11.3 Å². The highest BCUT2D eigenvalue weighted by molar-refractivity contribution is 6.31. The Kier molecular flexibility index (Phi) is 4.33. The summed E-state index contributed by atoms with van der Waals surface area (Å²) in [6.45, 7) is 6.01. The monoisotopic (exact) mass is 242 g/mol. The molecule has 88 valence electrons. The number of nitrogen functional groups attached to an aromatic ring is 1. The van der Waals surface area contributed by atoms with Gasteiger partial charge in [0.1, 0.15) is 5.82 Å². The van der Waals surface area contributed by atoms with Crippen LogP contribution in [0.4, 0.5) is 10.1 Å². The number of nitrogens with two attached hydrogens (primary N) is 1. The van der Waals surface area contributed by atoms with Crippen LogP contribution >= 0.6 is 11.6 Å². The first kappa shape index (κ1) is 13.0. The van der Waals surface area contributed by atoms with Crippen molar-refractivity contribution in [2.75, 3.05) is 5.43 Å². The Labute approximate surface area is 100 Å². The molecule has 0 spiro atoms. The molecule has 1 aromatic carbocycles. The molecule has 0 aliphatic carbocycles. The number of hydrogen-bond acceptors (Lipinski definition) is 2. The Morgan fingerprint density at radius 2 is 2.12 bits per heavy atom. The molecule has 0 aliphatic rings. The summed E-state index contributed by atoms with van der Waals surface area (Å²) >= 11 is 5.70. The number of nitrogens with one attached hydrogen (secondary N) is 1. The van der Waals surface area contributed by atoms with Crippen molar-refractivity contribution in [3.63, 3.8) is 0 Å². The van der Waals surface area contributed by atoms with Crippen LogP contribution in [0.25, 0.3) is 5.57 Å². The summed E-state index contributed by atoms with van der Waals surface area (Å²) in [6.07, 6.45) is 1.95. The number of anilines is 1. The van der Waals surface area contributed by atoms with Crippen LogP contribution in [-0.4, -0.2) is 0 Å². The van der Waals surface area contributed by atoms with Crippen LogP contribution in [0, 0.1) is 11.7 Å². The minimum Gasteiger partial charge on any atom is -0.323 e. The maximum absolute atomic E-state index is 13.4. The van der Waals surface area contributed by atoms with Crippen LogP contribution in [0.3, 0.4) is 0 Å². The van der Waals surface area contributed by atoms with Crippen molar-refractivity contribution in [2.24, 2.45) is 11.8 Å². The molecule has 0 amide bonds. The number of hydrazine groups is 1. The molecular weight excluding hydrogens is 227 g/mol. The molecule has 0 atom stereocenters. The maximum Gasteiger partial charge on any atom is 0.142 e. The predicted molar refractivity (Wildman–Crippen MR) is 67.7 cm³/mol. The molecule has 16 heavy (non-hydrogen) atoms. The summed E-state index contributed by atoms with van der Waals surface area (Å²) in [6, 6.07) is 2.91. The molecule has 2 nitrogen and oxygen atoms in total. The van der Waals surface area contributed by atoms with Gasteiger partial charge in [-0.15, -0.1) is 0 Å². The zero-order chi connectivity index (χ0) is 12.3. The van der Waals surface area contributed by atoms with Gasteiger partial charge in [0.25, 0.3) is 0 Å². The highest BCUT2D eigenvalue weighted by Crippen LogP contribution is 2.32. The van der Waals surface area contributed by atoms with E-state index in [9.17, 15) is 4.39 Å². The molecule has 0 saturated carbocycles. The summed E-state index contributed by atoms with van der Waals surface area (Å²) in [7, 11) is 0. The molecule has 0 heterocycles. The van der Waals surface area contributed by atoms with Crippen LogP contribution in [0.15, 0.2) is 18.2 Å². The van der Waals surface area contributed by atoms with E-state index < -0.39 is 5.82 Å². The summed E-state index contributed by atoms with van der Waals surface area (Å²) in [5.74, 6) is 5.26. The Balaban J connectivity index is 3.37. The second kappa shape index (κ2) is 5.32. The molecule has 0 bridgehead atoms. The van der Waals surface area contributed by atoms with Gasteiger partial charge in [-0.1, -0.05) is 31.5 Å². The molecule has 1 aromatic rings. The SMILES string of the molecule is C/C=C(\c1cc(F)c(Cl)cc1NN)C(C)C. The molecule has 0 unspecified atom stereocenters. The summed E-state index contributed by atoms with van der Waals surface area (Å²) < 4.78 is 13.4. The standard InChI is InChI=1S/C12H16ClFN2/c1-4-8(7(2)3)9-5-11(14)10(13)6-12(9)16-15/h4-7,16H,15H2,1-3H3/b8-4-. The molecular formula is C12H16ClFN2. The van der Waals surface area contributed by atoms with E-state index in [4.69, 9.17) is 17.4 Å². The van der Waals surface area contributed by atoms with Crippen LogP contribution in [0.1, 0.15) is 26.3 Å². The third-order valence-electron chi connectivity index (χ3n) is 2.46. The summed E-state index contributed by atoms with van der Waals surface area (Å²) in [5.41, 5.74) is 4.96. The van der Waals surface area contributed by atoms with Crippen LogP contribution in [-0.2, 0) is 0 Å². The zero-order valence-corrected chi connectivity index (χ0v) is 10.4. The zero-order valence-electron chi connectivity index (χ0n) is 9.64. The highest BCUT2D eigenvalue weighted by atomic mass is 35.5. The van der Waals surface area contributed by atoms with Gasteiger partial charge in [0.15, 0.2) is 0 Å². The predicted octanol–water partition coefficient (Wildman–Crippen LogP) is 3.82. The molecule has 0 saturated heterocycles. The fraction of sp³-hybridized carbons (Fsp3) is 0.333. The summed E-state index contributed by atoms with van der Waals surface area (Å²) in [5, 5.41) is 0.0657. The van der Waals surface area contributed by atoms with E-state index in [2.05, 4.69) is 5.43 Å². The van der Waals surface area contributed by atoms with E-state index in [-0.39, 0.29) is 10.9 Å². The third kappa shape index (κ3) is 2.54. The Hall–Kier alpha value is -1.06. The summed E-state index contributed by atoms with van der Waals surface area (Å²) in [4.78, 5) is 0. The van der Waals surface area contributed by atoms with Gasteiger partial charge >= 0.3 is 0 Å². The van der Waals surface area contributed by atoms with Crippen molar-refractivity contribution in [3.05, 3.63) is 34.6 Å². The lowest BCUT2D eigenvalue weighted by Crippen LogP contribution is -2.10. The molecule has 3 N–H and O–H groups in total. The second-order valence-corrected chi connectivity index (χ2v) is 4.26. The maximum atomic E-state index is 13.4. The first-order valence-corrected chi connectivity index (χ1v) is 5.51. The molecule has 0 fully saturated rings. The van der Waals surface area contributed by atoms with Gasteiger partial charge in [-0.3, -0.25) is 5.84 Å². The lowest BCUT2D eigenvalue weighted by molar-refractivity contribution is 0.627. The number of benzene rings is 1. The minimum atomic E-state index is -0.435. The smallest absolute Gasteiger partial charge is 0.142 e. The van der Waals surface area contributed by atoms with Crippen molar-refractivity contribution in [2.45, 2.75) is 20.8 Å². The van der Waals surface area contributed by atoms with Gasteiger partial charge in [-0.25, -0.2) is 4.39 Å². The number of hydrogen-bond donors (Lipinski definition) is 2. The van der Waals surface area contributed by atoms with Gasteiger partial charge < -0.3 is 5.43 Å². The second-order valence-electron chi connectivity index (χ2n) is 3.85. The third-order valence-corrected chi connectivity index (χ3v) is 2.75. The van der Waals surface area contributed by atoms with Gasteiger partial charge in [-0.05, 0) is 30.5 Å². The first-order valence-electron chi connectivity index (χ1n) is 5.13. The van der Waals surface area contributed by atoms with E-state index in [0.29, 0.717) is 5.69 Å². The number of halogens is 2. The van der Waals surface area contributed by atoms with Gasteiger partial charge in [0.2, 0.25) is 0 Å². The molecule has 0 aromatic heterocycles. The van der Waals surface area contributed by atoms with Crippen molar-refractivity contribution in [1.82, 2.24) is 0 Å². The van der Waals surface area contributed by atoms with E-state index in [1.807, 2.05) is 26.8 Å². The lowest BCUT2D eigenvalue weighted by atomic mass is 9.94. The highest BCUT2D eigenvalue weighted by Gasteiger charge is 2.13. The van der Waals surface area contributed by atoms with Gasteiger partial charge in [-0.2, -0.15) is 0 Å². The normalized spacial score (nSPS) is 12.1. The quantitative estimate of drug-likeness (QED) is 0.625. The average molecular weight is 243 g/mol. The average Bonchev–Trinajstić information content (AvgIpc) is 2.23. The van der Waals surface area contributed by atoms with E-state index in [0.717, 1.165) is 11.1 Å². The lowest BCUT2D eigenvalue weighted by Gasteiger charge is -2.16. The van der Waals surface area contributed by atoms with Crippen LogP contribution in [0.2, 0.25) is 5.02 Å². The number of rotatable bonds is 3. The van der Waals surface area contributed by atoms with Crippen molar-refractivity contribution < 1.29 is 4.39 Å². The minimum absolute atomic E-state index is 0.0657. The molecule has 0 radical (unpaired) electrons. The molecule has 4 heteroatoms. The Morgan fingerprint density at radius 3 is 2.56 bits per heavy atom. The van der Waals surface area contributed by atoms with E-state index >= 15 is 0 Å². The fourth-order valence-corrected chi connectivity index (χ4v) is 1.87. The first-order chi connectivity index (χ1) is 7.51. The van der Waals surface area contributed by atoms with Crippen molar-refractivity contribution in [3.8, 4) is 0 Å². The van der Waals surface area contributed by atoms with E-state index in [1.54, 1.807) is 0 Å². The fourth-order valence-electron chi connectivity index (χ4n) is 1.70. The largest absolute Gasteiger partial charge is 0.323 e. The van der Waals surface area contributed by atoms with Gasteiger partial charge in [0, 0.05) is 5.56 Å². The van der Waals surface area contributed by atoms with Crippen molar-refractivity contribution in [1.29, 1.82) is 0 Å². The van der Waals surface area contributed by atoms with Crippen LogP contribution in [0.5, 0.6) is 0 Å². The Bertz CT molecular complexity index is 414. The van der Waals surface area contributed by atoms with E-state index in [1.165, 1.54) is 12.1 Å². The van der Waals surface area contributed by atoms with Gasteiger partial charge in [0.05, 0.1) is 10.7 Å². The number of allylic oxidation sites excluding steroid dienone is 2. The molecule has 0 aliphatic heterocycles. The van der Waals surface area contributed by atoms with Crippen molar-refractivity contribution >= 4 is 22.9 Å².